The summed E-state index contributed by atoms with van der Waals surface area (Å²) in [4.78, 5) is 8.08. The van der Waals surface area contributed by atoms with E-state index in [1.165, 1.54) is 5.56 Å². The predicted molar refractivity (Wildman–Crippen MR) is 63.4 cm³/mol. The molecular weight excluding hydrogens is 230 g/mol. The van der Waals surface area contributed by atoms with E-state index in [4.69, 9.17) is 11.6 Å². The summed E-state index contributed by atoms with van der Waals surface area (Å²) < 4.78 is 0. The van der Waals surface area contributed by atoms with Gasteiger partial charge in [0, 0.05) is 12.4 Å². The van der Waals surface area contributed by atoms with Crippen LogP contribution in [-0.4, -0.2) is 9.97 Å². The quantitative estimate of drug-likeness (QED) is 0.893. The first-order chi connectivity index (χ1) is 7.27. The first-order valence-electron chi connectivity index (χ1n) is 4.52. The Morgan fingerprint density at radius 1 is 1.40 bits per heavy atom. The number of hydrogen-bond donors (Lipinski definition) is 1. The molecule has 0 aromatic carbocycles. The minimum absolute atomic E-state index is 0.186. The lowest BCUT2D eigenvalue weighted by Crippen LogP contribution is -2.07. The lowest BCUT2D eigenvalue weighted by molar-refractivity contribution is 0.877. The zero-order valence-corrected chi connectivity index (χ0v) is 9.72. The zero-order valence-electron chi connectivity index (χ0n) is 8.14. The smallest absolute Gasteiger partial charge is 0.171 e. The van der Waals surface area contributed by atoms with Gasteiger partial charge in [-0.2, -0.15) is 11.3 Å². The molecule has 0 saturated heterocycles. The molecule has 0 spiro atoms. The second-order valence-electron chi connectivity index (χ2n) is 3.12. The van der Waals surface area contributed by atoms with Gasteiger partial charge in [0.2, 0.25) is 0 Å². The molecule has 0 saturated carbocycles. The van der Waals surface area contributed by atoms with Crippen LogP contribution in [0.2, 0.25) is 5.15 Å². The maximum Gasteiger partial charge on any atom is 0.171 e. The Balaban J connectivity index is 2.13. The third kappa shape index (κ3) is 2.46. The summed E-state index contributed by atoms with van der Waals surface area (Å²) in [6.07, 6.45) is 3.19. The lowest BCUT2D eigenvalue weighted by atomic mass is 10.2. The van der Waals surface area contributed by atoms with E-state index in [9.17, 15) is 0 Å². The number of thiophene rings is 1. The largest absolute Gasteiger partial charge is 0.361 e. The Bertz CT molecular complexity index is 430. The molecule has 0 bridgehead atoms. The molecule has 2 rings (SSSR count). The van der Waals surface area contributed by atoms with Gasteiger partial charge in [-0.25, -0.2) is 9.97 Å². The number of nitrogens with one attached hydrogen (secondary N) is 1. The highest BCUT2D eigenvalue weighted by atomic mass is 35.5. The summed E-state index contributed by atoms with van der Waals surface area (Å²) >= 11 is 7.57. The van der Waals surface area contributed by atoms with Crippen LogP contribution in [0.5, 0.6) is 0 Å². The molecule has 3 nitrogen and oxygen atoms in total. The SMILES string of the molecule is CC(Nc1nccnc1Cl)c1ccsc1. The van der Waals surface area contributed by atoms with Crippen LogP contribution in [0, 0.1) is 0 Å². The number of rotatable bonds is 3. The molecule has 1 atom stereocenters. The van der Waals surface area contributed by atoms with E-state index in [0.717, 1.165) is 0 Å². The van der Waals surface area contributed by atoms with Crippen molar-refractivity contribution in [1.29, 1.82) is 0 Å². The number of anilines is 1. The molecule has 0 amide bonds. The minimum Gasteiger partial charge on any atom is -0.361 e. The summed E-state index contributed by atoms with van der Waals surface area (Å²) in [5, 5.41) is 7.76. The molecular formula is C10H10ClN3S. The fraction of sp³-hybridized carbons (Fsp3) is 0.200. The van der Waals surface area contributed by atoms with Crippen LogP contribution in [0.3, 0.4) is 0 Å². The average Bonchev–Trinajstić information content (AvgIpc) is 2.74. The van der Waals surface area contributed by atoms with Gasteiger partial charge in [-0.05, 0) is 29.3 Å². The third-order valence-corrected chi connectivity index (χ3v) is 3.03. The van der Waals surface area contributed by atoms with E-state index in [-0.39, 0.29) is 6.04 Å². The van der Waals surface area contributed by atoms with E-state index in [1.54, 1.807) is 23.7 Å². The maximum atomic E-state index is 5.90. The lowest BCUT2D eigenvalue weighted by Gasteiger charge is -2.13. The van der Waals surface area contributed by atoms with Gasteiger partial charge in [-0.1, -0.05) is 11.6 Å². The predicted octanol–water partition coefficient (Wildman–Crippen LogP) is 3.36. The average molecular weight is 240 g/mol. The highest BCUT2D eigenvalue weighted by Crippen LogP contribution is 2.23. The van der Waals surface area contributed by atoms with Crippen LogP contribution in [0.4, 0.5) is 5.82 Å². The Morgan fingerprint density at radius 2 is 2.20 bits per heavy atom. The molecule has 2 heterocycles. The van der Waals surface area contributed by atoms with Gasteiger partial charge in [-0.15, -0.1) is 0 Å². The highest BCUT2D eigenvalue weighted by Gasteiger charge is 2.08. The van der Waals surface area contributed by atoms with Crippen molar-refractivity contribution in [3.05, 3.63) is 39.9 Å². The Hall–Kier alpha value is -1.13. The van der Waals surface area contributed by atoms with E-state index in [2.05, 4.69) is 33.7 Å². The van der Waals surface area contributed by atoms with Crippen molar-refractivity contribution < 1.29 is 0 Å². The van der Waals surface area contributed by atoms with Gasteiger partial charge >= 0.3 is 0 Å². The second kappa shape index (κ2) is 4.59. The second-order valence-corrected chi connectivity index (χ2v) is 4.26. The van der Waals surface area contributed by atoms with Crippen molar-refractivity contribution in [3.63, 3.8) is 0 Å². The molecule has 78 valence electrons. The minimum atomic E-state index is 0.186. The highest BCUT2D eigenvalue weighted by molar-refractivity contribution is 7.07. The number of hydrogen-bond acceptors (Lipinski definition) is 4. The van der Waals surface area contributed by atoms with E-state index in [0.29, 0.717) is 11.0 Å². The van der Waals surface area contributed by atoms with Gasteiger partial charge in [-0.3, -0.25) is 0 Å². The Morgan fingerprint density at radius 3 is 2.87 bits per heavy atom. The Labute approximate surface area is 97.2 Å². The molecule has 5 heteroatoms. The van der Waals surface area contributed by atoms with Crippen molar-refractivity contribution in [2.75, 3.05) is 5.32 Å². The number of aromatic nitrogens is 2. The van der Waals surface area contributed by atoms with Crippen LogP contribution in [-0.2, 0) is 0 Å². The number of halogens is 1. The van der Waals surface area contributed by atoms with Crippen molar-refractivity contribution in [3.8, 4) is 0 Å². The molecule has 0 aliphatic rings. The summed E-state index contributed by atoms with van der Waals surface area (Å²) in [6.45, 7) is 2.06. The van der Waals surface area contributed by atoms with Crippen LogP contribution in [0.15, 0.2) is 29.2 Å². The fourth-order valence-electron chi connectivity index (χ4n) is 1.23. The van der Waals surface area contributed by atoms with Gasteiger partial charge in [0.25, 0.3) is 0 Å². The maximum absolute atomic E-state index is 5.90. The standard InChI is InChI=1S/C10H10ClN3S/c1-7(8-2-5-15-6-8)14-10-9(11)12-3-4-13-10/h2-7H,1H3,(H,13,14). The molecule has 15 heavy (non-hydrogen) atoms. The molecule has 2 aromatic heterocycles. The monoisotopic (exact) mass is 239 g/mol. The third-order valence-electron chi connectivity index (χ3n) is 2.05. The molecule has 0 aliphatic heterocycles. The zero-order chi connectivity index (χ0) is 10.7. The van der Waals surface area contributed by atoms with Gasteiger partial charge < -0.3 is 5.32 Å². The summed E-state index contributed by atoms with van der Waals surface area (Å²) in [5.41, 5.74) is 1.22. The van der Waals surface area contributed by atoms with Gasteiger partial charge in [0.15, 0.2) is 11.0 Å². The van der Waals surface area contributed by atoms with E-state index in [1.807, 2.05) is 5.38 Å². The first kappa shape index (κ1) is 10.4. The van der Waals surface area contributed by atoms with E-state index >= 15 is 0 Å². The molecule has 2 aromatic rings. The van der Waals surface area contributed by atoms with Gasteiger partial charge in [0.05, 0.1) is 6.04 Å². The van der Waals surface area contributed by atoms with Crippen LogP contribution >= 0.6 is 22.9 Å². The molecule has 0 radical (unpaired) electrons. The van der Waals surface area contributed by atoms with E-state index < -0.39 is 0 Å². The van der Waals surface area contributed by atoms with Crippen molar-refractivity contribution >= 4 is 28.8 Å². The van der Waals surface area contributed by atoms with Crippen LogP contribution < -0.4 is 5.32 Å². The Kier molecular flexibility index (Phi) is 3.18. The fourth-order valence-corrected chi connectivity index (χ4v) is 2.14. The molecule has 0 aliphatic carbocycles. The topological polar surface area (TPSA) is 37.8 Å². The van der Waals surface area contributed by atoms with Crippen LogP contribution in [0.25, 0.3) is 0 Å². The summed E-state index contributed by atoms with van der Waals surface area (Å²) in [5.74, 6) is 0.623. The van der Waals surface area contributed by atoms with Crippen molar-refractivity contribution in [1.82, 2.24) is 9.97 Å². The van der Waals surface area contributed by atoms with Crippen LogP contribution in [0.1, 0.15) is 18.5 Å². The molecule has 1 unspecified atom stereocenters. The summed E-state index contributed by atoms with van der Waals surface area (Å²) in [6, 6.07) is 2.26. The summed E-state index contributed by atoms with van der Waals surface area (Å²) in [7, 11) is 0. The van der Waals surface area contributed by atoms with Crippen molar-refractivity contribution in [2.45, 2.75) is 13.0 Å². The number of nitrogens with zero attached hydrogens (tertiary/aromatic N) is 2. The first-order valence-corrected chi connectivity index (χ1v) is 5.84. The normalized spacial score (nSPS) is 12.4. The van der Waals surface area contributed by atoms with Gasteiger partial charge in [0.1, 0.15) is 0 Å². The molecule has 0 fully saturated rings. The van der Waals surface area contributed by atoms with Crippen molar-refractivity contribution in [2.24, 2.45) is 0 Å². The molecule has 1 N–H and O–H groups in total.